The van der Waals surface area contributed by atoms with E-state index in [4.69, 9.17) is 0 Å². The van der Waals surface area contributed by atoms with Gasteiger partial charge in [-0.2, -0.15) is 24.9 Å². The van der Waals surface area contributed by atoms with E-state index in [0.29, 0.717) is 17.3 Å². The summed E-state index contributed by atoms with van der Waals surface area (Å²) in [6, 6.07) is 1.73. The summed E-state index contributed by atoms with van der Waals surface area (Å²) in [6.45, 7) is 5.75. The highest BCUT2D eigenvalue weighted by Crippen LogP contribution is 2.20. The molecule has 25 heavy (non-hydrogen) atoms. The number of nitrogens with zero attached hydrogens (tertiary/aromatic N) is 6. The fraction of sp³-hybridized carbons (Fsp3) is 0.500. The molecule has 1 aromatic heterocycles. The second-order valence-corrected chi connectivity index (χ2v) is 6.07. The molecule has 2 amide bonds. The molecule has 9 heteroatoms. The number of fused-ring (bicyclic) bond motifs is 1. The monoisotopic (exact) mass is 343 g/mol. The van der Waals surface area contributed by atoms with Crippen molar-refractivity contribution in [3.05, 3.63) is 11.8 Å². The average Bonchev–Trinajstić information content (AvgIpc) is 3.12. The van der Waals surface area contributed by atoms with Crippen LogP contribution in [0.1, 0.15) is 32.4 Å². The second kappa shape index (κ2) is 6.58. The van der Waals surface area contributed by atoms with Crippen LogP contribution >= 0.6 is 0 Å². The van der Waals surface area contributed by atoms with Crippen LogP contribution < -0.4 is 5.32 Å². The normalized spacial score (nSPS) is 19.2. The van der Waals surface area contributed by atoms with Crippen LogP contribution in [0.15, 0.2) is 21.2 Å². The molecule has 0 saturated heterocycles. The van der Waals surface area contributed by atoms with Crippen molar-refractivity contribution in [2.75, 3.05) is 12.4 Å². The zero-order valence-corrected chi connectivity index (χ0v) is 14.7. The molecule has 2 aliphatic heterocycles. The number of rotatable bonds is 4. The van der Waals surface area contributed by atoms with Crippen molar-refractivity contribution in [1.29, 1.82) is 0 Å². The van der Waals surface area contributed by atoms with Gasteiger partial charge in [-0.25, -0.2) is 0 Å². The molecule has 0 bridgehead atoms. The predicted molar refractivity (Wildman–Crippen MR) is 94.7 cm³/mol. The summed E-state index contributed by atoms with van der Waals surface area (Å²) in [5.41, 5.74) is 0.688. The molecular formula is C16H21N7O2. The van der Waals surface area contributed by atoms with Crippen molar-refractivity contribution in [2.24, 2.45) is 26.9 Å². The number of carbonyl (C=O) groups is 2. The lowest BCUT2D eigenvalue weighted by molar-refractivity contribution is -0.120. The second-order valence-electron chi connectivity index (χ2n) is 6.07. The van der Waals surface area contributed by atoms with Crippen molar-refractivity contribution in [2.45, 2.75) is 33.6 Å². The minimum atomic E-state index is -0.548. The molecule has 2 aliphatic rings. The zero-order valence-electron chi connectivity index (χ0n) is 14.7. The van der Waals surface area contributed by atoms with Gasteiger partial charge in [-0.15, -0.1) is 0 Å². The molecule has 1 unspecified atom stereocenters. The van der Waals surface area contributed by atoms with E-state index in [2.05, 4.69) is 25.5 Å². The van der Waals surface area contributed by atoms with E-state index in [1.54, 1.807) is 20.0 Å². The van der Waals surface area contributed by atoms with Crippen LogP contribution in [0.25, 0.3) is 0 Å². The van der Waals surface area contributed by atoms with Gasteiger partial charge in [0, 0.05) is 25.2 Å². The van der Waals surface area contributed by atoms with Crippen molar-refractivity contribution in [3.63, 3.8) is 0 Å². The van der Waals surface area contributed by atoms with Crippen LogP contribution in [-0.2, 0) is 9.59 Å². The first-order chi connectivity index (χ1) is 11.9. The lowest BCUT2D eigenvalue weighted by atomic mass is 10.0. The number of nitrogens with one attached hydrogen (secondary N) is 1. The number of anilines is 1. The highest BCUT2D eigenvalue weighted by Gasteiger charge is 2.35. The van der Waals surface area contributed by atoms with Gasteiger partial charge in [0.05, 0.1) is 5.69 Å². The standard InChI is InChI=1S/C16H21N7O2/c1-5-10(6-2)14(24)18-12-7-9(3)21-23(12)16-19-13-11(15(25)20-16)8-17-22(13)4/h7-8,10-11H,5-6H2,1-4H3,(H,18,24). The summed E-state index contributed by atoms with van der Waals surface area (Å²) in [5.74, 6) is 0.0169. The van der Waals surface area contributed by atoms with E-state index in [1.807, 2.05) is 13.8 Å². The maximum Gasteiger partial charge on any atom is 0.265 e. The zero-order chi connectivity index (χ0) is 18.1. The van der Waals surface area contributed by atoms with Crippen LogP contribution in [0.5, 0.6) is 0 Å². The summed E-state index contributed by atoms with van der Waals surface area (Å²) in [4.78, 5) is 33.1. The molecule has 9 nitrogen and oxygen atoms in total. The summed E-state index contributed by atoms with van der Waals surface area (Å²) in [7, 11) is 1.72. The lowest BCUT2D eigenvalue weighted by Crippen LogP contribution is -2.35. The van der Waals surface area contributed by atoms with Crippen molar-refractivity contribution in [1.82, 2.24) is 14.8 Å². The number of aryl methyl sites for hydroxylation is 1. The van der Waals surface area contributed by atoms with Gasteiger partial charge in [0.2, 0.25) is 5.91 Å². The highest BCUT2D eigenvalue weighted by molar-refractivity contribution is 6.24. The first kappa shape index (κ1) is 17.0. The molecule has 1 N–H and O–H groups in total. The third-order valence-corrected chi connectivity index (χ3v) is 4.32. The number of hydrogen-bond acceptors (Lipinski definition) is 6. The van der Waals surface area contributed by atoms with Gasteiger partial charge in [0.15, 0.2) is 0 Å². The summed E-state index contributed by atoms with van der Waals surface area (Å²) < 4.78 is 1.39. The molecule has 0 saturated carbocycles. The van der Waals surface area contributed by atoms with E-state index >= 15 is 0 Å². The van der Waals surface area contributed by atoms with E-state index < -0.39 is 5.92 Å². The largest absolute Gasteiger partial charge is 0.310 e. The molecule has 3 rings (SSSR count). The van der Waals surface area contributed by atoms with Gasteiger partial charge in [0.1, 0.15) is 17.6 Å². The maximum atomic E-state index is 12.4. The van der Waals surface area contributed by atoms with E-state index in [9.17, 15) is 9.59 Å². The predicted octanol–water partition coefficient (Wildman–Crippen LogP) is 1.26. The van der Waals surface area contributed by atoms with Gasteiger partial charge in [-0.1, -0.05) is 13.8 Å². The fourth-order valence-electron chi connectivity index (χ4n) is 2.83. The molecule has 0 radical (unpaired) electrons. The molecule has 0 fully saturated rings. The number of amides is 2. The van der Waals surface area contributed by atoms with E-state index in [-0.39, 0.29) is 23.7 Å². The number of aromatic nitrogens is 2. The molecule has 0 aromatic carbocycles. The molecular weight excluding hydrogens is 322 g/mol. The Labute approximate surface area is 145 Å². The Morgan fingerprint density at radius 1 is 1.32 bits per heavy atom. The Bertz CT molecular complexity index is 801. The van der Waals surface area contributed by atoms with E-state index in [1.165, 1.54) is 15.9 Å². The molecule has 0 aliphatic carbocycles. The van der Waals surface area contributed by atoms with Crippen LogP contribution in [0.4, 0.5) is 5.82 Å². The minimum Gasteiger partial charge on any atom is -0.310 e. The molecule has 0 spiro atoms. The SMILES string of the molecule is CCC(CC)C(=O)Nc1cc(C)nn1C1=NC(=O)C2C=NN(C)C2=N1. The Morgan fingerprint density at radius 3 is 2.72 bits per heavy atom. The Balaban J connectivity index is 1.93. The van der Waals surface area contributed by atoms with Crippen LogP contribution in [0.2, 0.25) is 0 Å². The van der Waals surface area contributed by atoms with Crippen LogP contribution in [-0.4, -0.2) is 51.7 Å². The molecule has 3 heterocycles. The Kier molecular flexibility index (Phi) is 4.47. The molecule has 132 valence electrons. The third-order valence-electron chi connectivity index (χ3n) is 4.32. The van der Waals surface area contributed by atoms with Gasteiger partial charge >= 0.3 is 0 Å². The van der Waals surface area contributed by atoms with Crippen LogP contribution in [0, 0.1) is 18.8 Å². The van der Waals surface area contributed by atoms with Crippen LogP contribution in [0.3, 0.4) is 0 Å². The van der Waals surface area contributed by atoms with Crippen molar-refractivity contribution in [3.8, 4) is 0 Å². The topological polar surface area (TPSA) is 104 Å². The number of amidine groups is 1. The van der Waals surface area contributed by atoms with E-state index in [0.717, 1.165) is 12.8 Å². The summed E-state index contributed by atoms with van der Waals surface area (Å²) in [5, 5.41) is 12.8. The smallest absolute Gasteiger partial charge is 0.265 e. The highest BCUT2D eigenvalue weighted by atomic mass is 16.2. The summed E-state index contributed by atoms with van der Waals surface area (Å²) in [6.07, 6.45) is 3.02. The number of hydrogen-bond donors (Lipinski definition) is 1. The van der Waals surface area contributed by atoms with Gasteiger partial charge in [0.25, 0.3) is 11.9 Å². The quantitative estimate of drug-likeness (QED) is 0.888. The first-order valence-corrected chi connectivity index (χ1v) is 8.31. The molecule has 1 atom stereocenters. The van der Waals surface area contributed by atoms with Crippen molar-refractivity contribution >= 4 is 35.6 Å². The third kappa shape index (κ3) is 3.09. The summed E-state index contributed by atoms with van der Waals surface area (Å²) >= 11 is 0. The number of aliphatic imine (C=N–C) groups is 2. The van der Waals surface area contributed by atoms with Gasteiger partial charge in [-0.05, 0) is 19.8 Å². The number of carbonyl (C=O) groups excluding carboxylic acids is 2. The Hall–Kier alpha value is -2.84. The average molecular weight is 343 g/mol. The molecule has 1 aromatic rings. The lowest BCUT2D eigenvalue weighted by Gasteiger charge is -2.18. The minimum absolute atomic E-state index is 0.0800. The van der Waals surface area contributed by atoms with Crippen molar-refractivity contribution < 1.29 is 9.59 Å². The first-order valence-electron chi connectivity index (χ1n) is 8.31. The fourth-order valence-corrected chi connectivity index (χ4v) is 2.83. The van der Waals surface area contributed by atoms with Gasteiger partial charge < -0.3 is 5.32 Å². The van der Waals surface area contributed by atoms with Gasteiger partial charge in [-0.3, -0.25) is 14.6 Å². The number of hydrazone groups is 1. The maximum absolute atomic E-state index is 12.4. The Morgan fingerprint density at radius 2 is 2.04 bits per heavy atom.